The van der Waals surface area contributed by atoms with Gasteiger partial charge in [0.15, 0.2) is 0 Å². The van der Waals surface area contributed by atoms with Gasteiger partial charge in [-0.05, 0) is 44.5 Å². The van der Waals surface area contributed by atoms with Gasteiger partial charge in [-0.3, -0.25) is 0 Å². The molecule has 0 aromatic heterocycles. The molecular weight excluding hydrogens is 310 g/mol. The maximum atomic E-state index is 12.8. The van der Waals surface area contributed by atoms with E-state index in [1.165, 1.54) is 16.4 Å². The number of halogens is 1. The minimum absolute atomic E-state index is 0.00241. The summed E-state index contributed by atoms with van der Waals surface area (Å²) in [6, 6.07) is 6.43. The first-order valence-electron chi connectivity index (χ1n) is 6.84. The summed E-state index contributed by atoms with van der Waals surface area (Å²) >= 11 is 5.94. The average molecular weight is 328 g/mol. The van der Waals surface area contributed by atoms with Crippen molar-refractivity contribution in [1.82, 2.24) is 9.62 Å². The molecule has 1 aliphatic rings. The number of hydrogen-bond donors (Lipinski definition) is 1. The second-order valence-electron chi connectivity index (χ2n) is 5.15. The van der Waals surface area contributed by atoms with Crippen molar-refractivity contribution in [2.45, 2.75) is 17.7 Å². The zero-order valence-electron chi connectivity index (χ0n) is 11.8. The highest BCUT2D eigenvalue weighted by molar-refractivity contribution is 7.89. The molecule has 1 aliphatic heterocycles. The number of sulfonamides is 1. The highest BCUT2D eigenvalue weighted by Gasteiger charge is 2.32. The van der Waals surface area contributed by atoms with E-state index in [4.69, 9.17) is 16.9 Å². The molecule has 0 saturated carbocycles. The zero-order valence-corrected chi connectivity index (χ0v) is 13.4. The predicted molar refractivity (Wildman–Crippen MR) is 81.6 cm³/mol. The van der Waals surface area contributed by atoms with E-state index in [0.717, 1.165) is 19.4 Å². The van der Waals surface area contributed by atoms with E-state index in [1.54, 1.807) is 6.07 Å². The standard InChI is InChI=1S/C14H18ClN3O2S/c1-17-9-11-4-3-7-18(10-11)21(19,20)14-6-2-5-13(15)12(14)8-16/h2,5-6,11,17H,3-4,7,9-10H2,1H3. The van der Waals surface area contributed by atoms with Crippen molar-refractivity contribution in [2.24, 2.45) is 5.92 Å². The SMILES string of the molecule is CNCC1CCCN(S(=O)(=O)c2cccc(Cl)c2C#N)C1. The molecule has 2 rings (SSSR count). The summed E-state index contributed by atoms with van der Waals surface area (Å²) in [7, 11) is -1.82. The lowest BCUT2D eigenvalue weighted by atomic mass is 10.00. The van der Waals surface area contributed by atoms with Crippen LogP contribution in [0.2, 0.25) is 5.02 Å². The van der Waals surface area contributed by atoms with E-state index < -0.39 is 10.0 Å². The first-order valence-corrected chi connectivity index (χ1v) is 8.66. The van der Waals surface area contributed by atoms with Crippen LogP contribution in [0.25, 0.3) is 0 Å². The fraction of sp³-hybridized carbons (Fsp3) is 0.500. The summed E-state index contributed by atoms with van der Waals surface area (Å²) in [6.45, 7) is 1.74. The largest absolute Gasteiger partial charge is 0.319 e. The number of nitrogens with one attached hydrogen (secondary N) is 1. The number of piperidine rings is 1. The van der Waals surface area contributed by atoms with Crippen molar-refractivity contribution in [3.63, 3.8) is 0 Å². The minimum Gasteiger partial charge on any atom is -0.319 e. The van der Waals surface area contributed by atoms with Crippen molar-refractivity contribution in [2.75, 3.05) is 26.7 Å². The molecule has 5 nitrogen and oxygen atoms in total. The number of benzene rings is 1. The van der Waals surface area contributed by atoms with E-state index in [-0.39, 0.29) is 15.5 Å². The molecule has 1 fully saturated rings. The third-order valence-electron chi connectivity index (χ3n) is 3.68. The van der Waals surface area contributed by atoms with Crippen LogP contribution in [0.15, 0.2) is 23.1 Å². The van der Waals surface area contributed by atoms with Crippen LogP contribution >= 0.6 is 11.6 Å². The number of nitriles is 1. The van der Waals surface area contributed by atoms with E-state index in [9.17, 15) is 8.42 Å². The van der Waals surface area contributed by atoms with Crippen molar-refractivity contribution in [3.05, 3.63) is 28.8 Å². The van der Waals surface area contributed by atoms with Gasteiger partial charge < -0.3 is 5.32 Å². The Morgan fingerprint density at radius 1 is 1.52 bits per heavy atom. The monoisotopic (exact) mass is 327 g/mol. The lowest BCUT2D eigenvalue weighted by molar-refractivity contribution is 0.263. The summed E-state index contributed by atoms with van der Waals surface area (Å²) < 4.78 is 27.0. The van der Waals surface area contributed by atoms with Gasteiger partial charge in [-0.1, -0.05) is 17.7 Å². The van der Waals surface area contributed by atoms with Crippen LogP contribution in [0.1, 0.15) is 18.4 Å². The minimum atomic E-state index is -3.68. The number of hydrogen-bond acceptors (Lipinski definition) is 4. The molecule has 114 valence electrons. The molecule has 1 saturated heterocycles. The molecule has 0 aliphatic carbocycles. The van der Waals surface area contributed by atoms with Gasteiger partial charge in [-0.2, -0.15) is 9.57 Å². The van der Waals surface area contributed by atoms with Crippen molar-refractivity contribution in [1.29, 1.82) is 5.26 Å². The molecule has 0 radical (unpaired) electrons. The molecule has 1 atom stereocenters. The molecule has 0 bridgehead atoms. The van der Waals surface area contributed by atoms with E-state index in [0.29, 0.717) is 19.0 Å². The van der Waals surface area contributed by atoms with Crippen LogP contribution in [-0.2, 0) is 10.0 Å². The third kappa shape index (κ3) is 3.38. The summed E-state index contributed by atoms with van der Waals surface area (Å²) in [6.07, 6.45) is 1.83. The molecule has 1 heterocycles. The Kier molecular flexibility index (Phi) is 5.22. The molecule has 1 aromatic carbocycles. The van der Waals surface area contributed by atoms with Gasteiger partial charge in [-0.25, -0.2) is 8.42 Å². The second kappa shape index (κ2) is 6.75. The highest BCUT2D eigenvalue weighted by Crippen LogP contribution is 2.28. The summed E-state index contributed by atoms with van der Waals surface area (Å²) in [5, 5.41) is 12.4. The van der Waals surface area contributed by atoms with E-state index in [2.05, 4.69) is 5.32 Å². The fourth-order valence-corrected chi connectivity index (χ4v) is 4.66. The quantitative estimate of drug-likeness (QED) is 0.915. The Bertz CT molecular complexity index is 653. The highest BCUT2D eigenvalue weighted by atomic mass is 35.5. The van der Waals surface area contributed by atoms with Crippen LogP contribution in [0, 0.1) is 17.2 Å². The normalized spacial score (nSPS) is 20.1. The smallest absolute Gasteiger partial charge is 0.244 e. The maximum Gasteiger partial charge on any atom is 0.244 e. The first-order chi connectivity index (χ1) is 10.0. The summed E-state index contributed by atoms with van der Waals surface area (Å²) in [5.41, 5.74) is 0.0231. The van der Waals surface area contributed by atoms with E-state index >= 15 is 0 Å². The van der Waals surface area contributed by atoms with Gasteiger partial charge in [-0.15, -0.1) is 0 Å². The first kappa shape index (κ1) is 16.2. The Morgan fingerprint density at radius 3 is 2.95 bits per heavy atom. The van der Waals surface area contributed by atoms with Gasteiger partial charge in [0.1, 0.15) is 11.0 Å². The van der Waals surface area contributed by atoms with Crippen LogP contribution in [0.5, 0.6) is 0 Å². The van der Waals surface area contributed by atoms with Crippen molar-refractivity contribution >= 4 is 21.6 Å². The van der Waals surface area contributed by atoms with Crippen LogP contribution in [0.4, 0.5) is 0 Å². The number of nitrogens with zero attached hydrogens (tertiary/aromatic N) is 2. The molecule has 1 unspecified atom stereocenters. The Morgan fingerprint density at radius 2 is 2.29 bits per heavy atom. The Balaban J connectivity index is 2.34. The molecule has 21 heavy (non-hydrogen) atoms. The molecule has 7 heteroatoms. The Hall–Kier alpha value is -1.13. The Labute approximate surface area is 130 Å². The number of rotatable bonds is 4. The lowest BCUT2D eigenvalue weighted by Gasteiger charge is -2.32. The van der Waals surface area contributed by atoms with Gasteiger partial charge in [0.05, 0.1) is 10.6 Å². The van der Waals surface area contributed by atoms with Crippen molar-refractivity contribution in [3.8, 4) is 6.07 Å². The summed E-state index contributed by atoms with van der Waals surface area (Å²) in [4.78, 5) is 0.00241. The van der Waals surface area contributed by atoms with Crippen LogP contribution in [0.3, 0.4) is 0 Å². The van der Waals surface area contributed by atoms with Gasteiger partial charge >= 0.3 is 0 Å². The molecule has 0 spiro atoms. The van der Waals surface area contributed by atoms with Crippen LogP contribution in [-0.4, -0.2) is 39.4 Å². The molecule has 1 N–H and O–H groups in total. The maximum absolute atomic E-state index is 12.8. The average Bonchev–Trinajstić information content (AvgIpc) is 2.47. The van der Waals surface area contributed by atoms with Gasteiger partial charge in [0, 0.05) is 13.1 Å². The predicted octanol–water partition coefficient (Wildman–Crippen LogP) is 1.83. The third-order valence-corrected chi connectivity index (χ3v) is 5.90. The molecular formula is C14H18ClN3O2S. The van der Waals surface area contributed by atoms with E-state index in [1.807, 2.05) is 13.1 Å². The molecule has 0 amide bonds. The summed E-state index contributed by atoms with van der Waals surface area (Å²) in [5.74, 6) is 0.295. The van der Waals surface area contributed by atoms with Gasteiger partial charge in [0.2, 0.25) is 10.0 Å². The van der Waals surface area contributed by atoms with Crippen molar-refractivity contribution < 1.29 is 8.42 Å². The second-order valence-corrected chi connectivity index (χ2v) is 7.47. The fourth-order valence-electron chi connectivity index (χ4n) is 2.67. The topological polar surface area (TPSA) is 73.2 Å². The zero-order chi connectivity index (χ0) is 15.5. The van der Waals surface area contributed by atoms with Crippen LogP contribution < -0.4 is 5.32 Å². The lowest BCUT2D eigenvalue weighted by Crippen LogP contribution is -2.42. The van der Waals surface area contributed by atoms with Gasteiger partial charge in [0.25, 0.3) is 0 Å². The molecule has 1 aromatic rings.